The Morgan fingerprint density at radius 1 is 1.10 bits per heavy atom. The minimum Gasteiger partial charge on any atom is -0.387 e. The van der Waals surface area contributed by atoms with Crippen molar-refractivity contribution in [3.05, 3.63) is 0 Å². The van der Waals surface area contributed by atoms with Gasteiger partial charge < -0.3 is 30.2 Å². The Morgan fingerprint density at radius 3 is 2.62 bits per heavy atom. The van der Waals surface area contributed by atoms with Gasteiger partial charge in [-0.2, -0.15) is 11.8 Å². The van der Waals surface area contributed by atoms with Crippen LogP contribution < -0.4 is 5.73 Å². The number of hydrogen-bond acceptors (Lipinski definition) is 7. The smallest absolute Gasteiger partial charge is 0.186 e. The molecule has 5 atom stereocenters. The molecule has 3 aliphatic rings. The monoisotopic (exact) mass is 343 g/mol. The van der Waals surface area contributed by atoms with Crippen LogP contribution in [-0.2, 0) is 14.2 Å². The van der Waals surface area contributed by atoms with Crippen LogP contribution in [0.25, 0.3) is 0 Å². The first-order valence-corrected chi connectivity index (χ1v) is 8.42. The maximum atomic E-state index is 10.1. The molecule has 0 aliphatic carbocycles. The number of fused-ring (bicyclic) bond motifs is 6. The Hall–Kier alpha value is 0.400. The molecule has 6 nitrogen and oxygen atoms in total. The molecular weight excluding hydrogens is 318 g/mol. The lowest BCUT2D eigenvalue weighted by Crippen LogP contribution is -2.59. The third-order valence-electron chi connectivity index (χ3n) is 3.55. The Kier molecular flexibility index (Phi) is 9.47. The van der Waals surface area contributed by atoms with Crippen LogP contribution in [0.5, 0.6) is 0 Å². The first kappa shape index (κ1) is 19.4. The molecule has 3 saturated heterocycles. The van der Waals surface area contributed by atoms with E-state index in [9.17, 15) is 10.2 Å². The van der Waals surface area contributed by atoms with E-state index in [-0.39, 0.29) is 18.5 Å². The lowest BCUT2D eigenvalue weighted by atomic mass is 10.00. The zero-order valence-electron chi connectivity index (χ0n) is 12.1. The fourth-order valence-electron chi connectivity index (χ4n) is 2.41. The van der Waals surface area contributed by atoms with Crippen LogP contribution in [0, 0.1) is 0 Å². The molecule has 0 aromatic heterocycles. The molecule has 3 rings (SSSR count). The minimum absolute atomic E-state index is 0. The summed E-state index contributed by atoms with van der Waals surface area (Å²) in [6.07, 6.45) is -0.651. The van der Waals surface area contributed by atoms with Gasteiger partial charge in [0.2, 0.25) is 0 Å². The summed E-state index contributed by atoms with van der Waals surface area (Å²) in [4.78, 5) is 0. The summed E-state index contributed by atoms with van der Waals surface area (Å²) in [6, 6.07) is 0. The van der Waals surface area contributed by atoms with Crippen molar-refractivity contribution in [2.45, 2.75) is 50.0 Å². The highest BCUT2D eigenvalue weighted by Gasteiger charge is 2.46. The Bertz CT molecular complexity index is 287. The molecule has 0 amide bonds. The molecule has 5 unspecified atom stereocenters. The fraction of sp³-hybridized carbons (Fsp3) is 1.00. The van der Waals surface area contributed by atoms with Crippen LogP contribution >= 0.6 is 24.2 Å². The van der Waals surface area contributed by atoms with E-state index in [1.807, 2.05) is 0 Å². The largest absolute Gasteiger partial charge is 0.387 e. The van der Waals surface area contributed by atoms with Crippen LogP contribution in [0.4, 0.5) is 0 Å². The molecule has 3 aliphatic heterocycles. The molecule has 4 N–H and O–H groups in total. The first-order chi connectivity index (χ1) is 9.74. The third kappa shape index (κ3) is 5.51. The van der Waals surface area contributed by atoms with Crippen LogP contribution in [0.2, 0.25) is 0 Å². The molecule has 3 fully saturated rings. The van der Waals surface area contributed by atoms with Gasteiger partial charge in [0.25, 0.3) is 0 Å². The zero-order chi connectivity index (χ0) is 14.4. The van der Waals surface area contributed by atoms with Crippen molar-refractivity contribution in [2.24, 2.45) is 5.73 Å². The topological polar surface area (TPSA) is 94.2 Å². The predicted octanol–water partition coefficient (Wildman–Crippen LogP) is 0.132. The second-order valence-electron chi connectivity index (χ2n) is 5.15. The van der Waals surface area contributed by atoms with Gasteiger partial charge in [0.05, 0.1) is 12.7 Å². The highest BCUT2D eigenvalue weighted by atomic mass is 35.5. The van der Waals surface area contributed by atoms with E-state index < -0.39 is 24.6 Å². The minimum atomic E-state index is -1.04. The average Bonchev–Trinajstić information content (AvgIpc) is 2.58. The highest BCUT2D eigenvalue weighted by Crippen LogP contribution is 2.28. The second kappa shape index (κ2) is 10.2. The van der Waals surface area contributed by atoms with Gasteiger partial charge in [0, 0.05) is 12.4 Å². The van der Waals surface area contributed by atoms with Gasteiger partial charge >= 0.3 is 0 Å². The first-order valence-electron chi connectivity index (χ1n) is 7.26. The highest BCUT2D eigenvalue weighted by molar-refractivity contribution is 7.99. The number of nitrogens with two attached hydrogens (primary N) is 1. The van der Waals surface area contributed by atoms with Crippen molar-refractivity contribution in [2.75, 3.05) is 31.3 Å². The molecule has 21 heavy (non-hydrogen) atoms. The van der Waals surface area contributed by atoms with E-state index in [4.69, 9.17) is 19.9 Å². The van der Waals surface area contributed by atoms with Crippen molar-refractivity contribution < 1.29 is 24.4 Å². The van der Waals surface area contributed by atoms with Gasteiger partial charge in [-0.05, 0) is 31.6 Å². The van der Waals surface area contributed by atoms with Crippen LogP contribution in [0.1, 0.15) is 19.3 Å². The third-order valence-corrected chi connectivity index (χ3v) is 4.69. The lowest BCUT2D eigenvalue weighted by molar-refractivity contribution is -0.289. The fourth-order valence-corrected chi connectivity index (χ4v) is 3.48. The van der Waals surface area contributed by atoms with Gasteiger partial charge in [-0.1, -0.05) is 0 Å². The maximum absolute atomic E-state index is 10.1. The standard InChI is InChI=1S/C13H25NO5S.ClH/c14-4-1-2-7-20-8-9-12-10(15)11(16)13(19-9)18-6-3-5-17-12;/h9-13,15-16H,1-8,14H2;1H. The van der Waals surface area contributed by atoms with E-state index >= 15 is 0 Å². The second-order valence-corrected chi connectivity index (χ2v) is 6.30. The number of halogens is 1. The number of ether oxygens (including phenoxy) is 3. The number of aliphatic hydroxyl groups excluding tert-OH is 2. The normalized spacial score (nSPS) is 36.4. The molecular formula is C13H26ClNO5S. The predicted molar refractivity (Wildman–Crippen MR) is 83.8 cm³/mol. The number of aliphatic hydroxyl groups is 2. The summed E-state index contributed by atoms with van der Waals surface area (Å²) in [5.41, 5.74) is 5.46. The van der Waals surface area contributed by atoms with Crippen molar-refractivity contribution in [3.63, 3.8) is 0 Å². The van der Waals surface area contributed by atoms with Crippen LogP contribution in [0.15, 0.2) is 0 Å². The Balaban J connectivity index is 0.00000220. The maximum Gasteiger partial charge on any atom is 0.186 e. The summed E-state index contributed by atoms with van der Waals surface area (Å²) in [5, 5.41) is 20.1. The number of thioether (sulfide) groups is 1. The number of unbranched alkanes of at least 4 members (excludes halogenated alkanes) is 1. The van der Waals surface area contributed by atoms with Gasteiger partial charge in [-0.15, -0.1) is 12.4 Å². The van der Waals surface area contributed by atoms with Crippen molar-refractivity contribution in [3.8, 4) is 0 Å². The summed E-state index contributed by atoms with van der Waals surface area (Å²) >= 11 is 1.76. The van der Waals surface area contributed by atoms with Gasteiger partial charge in [-0.25, -0.2) is 0 Å². The summed E-state index contributed by atoms with van der Waals surface area (Å²) in [7, 11) is 0. The van der Waals surface area contributed by atoms with Gasteiger partial charge in [0.15, 0.2) is 6.29 Å². The van der Waals surface area contributed by atoms with E-state index in [0.29, 0.717) is 19.8 Å². The van der Waals surface area contributed by atoms with E-state index in [2.05, 4.69) is 0 Å². The molecule has 0 spiro atoms. The summed E-state index contributed by atoms with van der Waals surface area (Å²) in [6.45, 7) is 1.70. The van der Waals surface area contributed by atoms with Gasteiger partial charge in [0.1, 0.15) is 18.3 Å². The Labute approximate surface area is 136 Å². The van der Waals surface area contributed by atoms with Crippen molar-refractivity contribution in [1.29, 1.82) is 0 Å². The molecule has 0 aromatic rings. The molecule has 126 valence electrons. The zero-order valence-corrected chi connectivity index (χ0v) is 13.7. The van der Waals surface area contributed by atoms with E-state index in [1.165, 1.54) is 0 Å². The molecule has 0 aromatic carbocycles. The lowest BCUT2D eigenvalue weighted by Gasteiger charge is -2.41. The number of rotatable bonds is 6. The SMILES string of the molecule is Cl.NCCCCSCC1OC2OCCCOC1C(O)C2O. The molecule has 3 heterocycles. The van der Waals surface area contributed by atoms with Gasteiger partial charge in [-0.3, -0.25) is 0 Å². The molecule has 0 radical (unpaired) electrons. The Morgan fingerprint density at radius 2 is 1.86 bits per heavy atom. The molecule has 2 bridgehead atoms. The summed E-state index contributed by atoms with van der Waals surface area (Å²) in [5.74, 6) is 1.73. The van der Waals surface area contributed by atoms with E-state index in [1.54, 1.807) is 11.8 Å². The van der Waals surface area contributed by atoms with Crippen LogP contribution in [0.3, 0.4) is 0 Å². The van der Waals surface area contributed by atoms with Crippen molar-refractivity contribution in [1.82, 2.24) is 0 Å². The van der Waals surface area contributed by atoms with Crippen molar-refractivity contribution >= 4 is 24.2 Å². The van der Waals surface area contributed by atoms with E-state index in [0.717, 1.165) is 30.8 Å². The average molecular weight is 344 g/mol. The quantitative estimate of drug-likeness (QED) is 0.590. The van der Waals surface area contributed by atoms with Crippen LogP contribution in [-0.4, -0.2) is 72.2 Å². The number of hydrogen-bond donors (Lipinski definition) is 3. The summed E-state index contributed by atoms with van der Waals surface area (Å²) < 4.78 is 16.9. The molecule has 0 saturated carbocycles. The molecule has 8 heteroatoms.